The van der Waals surface area contributed by atoms with Gasteiger partial charge in [-0.3, -0.25) is 4.79 Å². The van der Waals surface area contributed by atoms with E-state index in [2.05, 4.69) is 5.32 Å². The van der Waals surface area contributed by atoms with E-state index in [0.717, 1.165) is 15.8 Å². The van der Waals surface area contributed by atoms with E-state index < -0.39 is 5.97 Å². The van der Waals surface area contributed by atoms with E-state index in [1.165, 1.54) is 0 Å². The highest BCUT2D eigenvalue weighted by Crippen LogP contribution is 2.26. The summed E-state index contributed by atoms with van der Waals surface area (Å²) in [6.45, 7) is 5.41. The highest BCUT2D eigenvalue weighted by molar-refractivity contribution is 5.96. The van der Waals surface area contributed by atoms with Crippen LogP contribution >= 0.6 is 0 Å². The van der Waals surface area contributed by atoms with Crippen molar-refractivity contribution in [3.63, 3.8) is 0 Å². The van der Waals surface area contributed by atoms with Gasteiger partial charge in [-0.15, -0.1) is 0 Å². The Morgan fingerprint density at radius 1 is 1.07 bits per heavy atom. The number of carbonyl (C=O) groups excluding carboxylic acids is 2. The molecule has 1 amide bonds. The highest BCUT2D eigenvalue weighted by Gasteiger charge is 2.25. The minimum Gasteiger partial charge on any atom is -0.495 e. The molecule has 1 atom stereocenters. The molecule has 7 heteroatoms. The number of nitrogens with one attached hydrogen (secondary N) is 2. The lowest BCUT2D eigenvalue weighted by molar-refractivity contribution is -0.903. The number of furan rings is 1. The number of anilines is 1. The van der Waals surface area contributed by atoms with Crippen molar-refractivity contribution in [1.82, 2.24) is 0 Å². The Morgan fingerprint density at radius 2 is 1.80 bits per heavy atom. The Labute approximate surface area is 175 Å². The summed E-state index contributed by atoms with van der Waals surface area (Å²) in [4.78, 5) is 26.1. The highest BCUT2D eigenvalue weighted by atomic mass is 16.5. The third-order valence-corrected chi connectivity index (χ3v) is 4.88. The molecule has 0 bridgehead atoms. The summed E-state index contributed by atoms with van der Waals surface area (Å²) in [5, 5.41) is 3.76. The number of amides is 1. The fourth-order valence-electron chi connectivity index (χ4n) is 3.37. The van der Waals surface area contributed by atoms with Crippen LogP contribution in [0, 0.1) is 0 Å². The molecule has 7 nitrogen and oxygen atoms in total. The maximum absolute atomic E-state index is 12.7. The molecule has 158 valence electrons. The van der Waals surface area contributed by atoms with Crippen molar-refractivity contribution in [2.45, 2.75) is 20.4 Å². The second-order valence-corrected chi connectivity index (χ2v) is 6.83. The second kappa shape index (κ2) is 9.93. The van der Waals surface area contributed by atoms with E-state index in [1.807, 2.05) is 43.3 Å². The van der Waals surface area contributed by atoms with Gasteiger partial charge in [-0.1, -0.05) is 30.3 Å². The standard InChI is InChI=1S/C23H26N2O5/c1-4-25(15-21(26)24-18-11-7-9-13-20(18)28-3)14-17-16-10-6-8-12-19(16)30-22(17)23(27)29-5-2/h6-13H,4-5,14-15H2,1-3H3,(H,24,26)/p+1. The van der Waals surface area contributed by atoms with Gasteiger partial charge >= 0.3 is 5.97 Å². The van der Waals surface area contributed by atoms with Crippen LogP contribution in [0.3, 0.4) is 0 Å². The zero-order valence-corrected chi connectivity index (χ0v) is 17.5. The number of quaternary nitrogens is 1. The van der Waals surface area contributed by atoms with Gasteiger partial charge in [0.2, 0.25) is 5.76 Å². The fourth-order valence-corrected chi connectivity index (χ4v) is 3.37. The monoisotopic (exact) mass is 411 g/mol. The number of rotatable bonds is 9. The van der Waals surface area contributed by atoms with Crippen LogP contribution in [0.15, 0.2) is 52.9 Å². The minimum atomic E-state index is -0.488. The Bertz CT molecular complexity index is 1030. The van der Waals surface area contributed by atoms with Crippen molar-refractivity contribution in [3.8, 4) is 5.75 Å². The topological polar surface area (TPSA) is 82.2 Å². The van der Waals surface area contributed by atoms with Crippen LogP contribution in [-0.2, 0) is 16.1 Å². The maximum atomic E-state index is 12.7. The van der Waals surface area contributed by atoms with Crippen LogP contribution in [0.4, 0.5) is 5.69 Å². The number of hydrogen-bond acceptors (Lipinski definition) is 5. The van der Waals surface area contributed by atoms with Crippen LogP contribution in [-0.4, -0.2) is 38.7 Å². The first-order valence-corrected chi connectivity index (χ1v) is 10.0. The van der Waals surface area contributed by atoms with E-state index in [0.29, 0.717) is 30.1 Å². The van der Waals surface area contributed by atoms with Crippen LogP contribution in [0.1, 0.15) is 30.0 Å². The second-order valence-electron chi connectivity index (χ2n) is 6.83. The number of likely N-dealkylation sites (N-methyl/N-ethyl adjacent to an activating group) is 1. The first-order valence-electron chi connectivity index (χ1n) is 10.0. The molecule has 0 radical (unpaired) electrons. The number of para-hydroxylation sites is 3. The quantitative estimate of drug-likeness (QED) is 0.529. The van der Waals surface area contributed by atoms with Crippen molar-refractivity contribution in [2.75, 3.05) is 32.1 Å². The van der Waals surface area contributed by atoms with E-state index in [9.17, 15) is 9.59 Å². The average Bonchev–Trinajstić information content (AvgIpc) is 3.12. The van der Waals surface area contributed by atoms with Gasteiger partial charge in [-0.25, -0.2) is 4.79 Å². The molecule has 2 aromatic carbocycles. The number of methoxy groups -OCH3 is 1. The number of ether oxygens (including phenoxy) is 2. The molecular weight excluding hydrogens is 384 g/mol. The first-order chi connectivity index (χ1) is 14.6. The molecule has 3 rings (SSSR count). The van der Waals surface area contributed by atoms with Gasteiger partial charge in [0.15, 0.2) is 6.54 Å². The molecule has 0 saturated heterocycles. The van der Waals surface area contributed by atoms with Crippen molar-refractivity contribution in [3.05, 3.63) is 59.9 Å². The molecule has 3 aromatic rings. The number of benzene rings is 2. The third kappa shape index (κ3) is 4.80. The number of esters is 1. The molecule has 0 aliphatic carbocycles. The van der Waals surface area contributed by atoms with Gasteiger partial charge in [-0.2, -0.15) is 0 Å². The SMILES string of the molecule is CCOC(=O)c1oc2ccccc2c1C[NH+](CC)CC(=O)Nc1ccccc1OC. The maximum Gasteiger partial charge on any atom is 0.374 e. The average molecular weight is 411 g/mol. The smallest absolute Gasteiger partial charge is 0.374 e. The molecule has 1 aromatic heterocycles. The van der Waals surface area contributed by atoms with Gasteiger partial charge in [0, 0.05) is 5.39 Å². The lowest BCUT2D eigenvalue weighted by Gasteiger charge is -2.18. The van der Waals surface area contributed by atoms with Crippen LogP contribution < -0.4 is 15.0 Å². The number of fused-ring (bicyclic) bond motifs is 1. The molecule has 0 spiro atoms. The molecule has 30 heavy (non-hydrogen) atoms. The van der Waals surface area contributed by atoms with Crippen LogP contribution in [0.25, 0.3) is 11.0 Å². The van der Waals surface area contributed by atoms with Crippen molar-refractivity contribution < 1.29 is 28.4 Å². The van der Waals surface area contributed by atoms with Crippen molar-refractivity contribution >= 4 is 28.5 Å². The minimum absolute atomic E-state index is 0.137. The zero-order valence-electron chi connectivity index (χ0n) is 17.5. The summed E-state index contributed by atoms with van der Waals surface area (Å²) in [7, 11) is 1.56. The van der Waals surface area contributed by atoms with Gasteiger partial charge in [0.05, 0.1) is 31.5 Å². The lowest BCUT2D eigenvalue weighted by atomic mass is 10.1. The van der Waals surface area contributed by atoms with Crippen LogP contribution in [0.2, 0.25) is 0 Å². The molecule has 0 aliphatic heterocycles. The summed E-state index contributed by atoms with van der Waals surface area (Å²) < 4.78 is 16.2. The molecule has 0 aliphatic rings. The van der Waals surface area contributed by atoms with Gasteiger partial charge in [-0.05, 0) is 32.0 Å². The summed E-state index contributed by atoms with van der Waals surface area (Å²) in [6, 6.07) is 14.8. The Kier molecular flexibility index (Phi) is 7.08. The van der Waals surface area contributed by atoms with E-state index in [1.54, 1.807) is 26.2 Å². The first kappa shape index (κ1) is 21.4. The molecule has 0 saturated carbocycles. The predicted molar refractivity (Wildman–Crippen MR) is 114 cm³/mol. The van der Waals surface area contributed by atoms with Gasteiger partial charge < -0.3 is 24.1 Å². The Morgan fingerprint density at radius 3 is 2.53 bits per heavy atom. The third-order valence-electron chi connectivity index (χ3n) is 4.88. The summed E-state index contributed by atoms with van der Waals surface area (Å²) >= 11 is 0. The largest absolute Gasteiger partial charge is 0.495 e. The Hall–Kier alpha value is -3.32. The predicted octanol–water partition coefficient (Wildman–Crippen LogP) is 2.66. The van der Waals surface area contributed by atoms with Gasteiger partial charge in [0.1, 0.15) is 17.9 Å². The van der Waals surface area contributed by atoms with E-state index >= 15 is 0 Å². The fraction of sp³-hybridized carbons (Fsp3) is 0.304. The summed E-state index contributed by atoms with van der Waals surface area (Å²) in [6.07, 6.45) is 0. The zero-order chi connectivity index (χ0) is 21.5. The molecular formula is C23H27N2O5+. The van der Waals surface area contributed by atoms with Crippen molar-refractivity contribution in [2.24, 2.45) is 0 Å². The van der Waals surface area contributed by atoms with E-state index in [-0.39, 0.29) is 24.8 Å². The number of carbonyl (C=O) groups is 2. The lowest BCUT2D eigenvalue weighted by Crippen LogP contribution is -3.11. The molecule has 1 unspecified atom stereocenters. The van der Waals surface area contributed by atoms with Crippen LogP contribution in [0.5, 0.6) is 5.75 Å². The molecule has 2 N–H and O–H groups in total. The summed E-state index contributed by atoms with van der Waals surface area (Å²) in [5.41, 5.74) is 2.01. The summed E-state index contributed by atoms with van der Waals surface area (Å²) in [5.74, 6) is 0.183. The molecule has 0 fully saturated rings. The molecule has 1 heterocycles. The Balaban J connectivity index is 1.80. The van der Waals surface area contributed by atoms with E-state index in [4.69, 9.17) is 13.9 Å². The van der Waals surface area contributed by atoms with Gasteiger partial charge in [0.25, 0.3) is 5.91 Å². The normalized spacial score (nSPS) is 11.8. The van der Waals surface area contributed by atoms with Crippen molar-refractivity contribution in [1.29, 1.82) is 0 Å². The number of hydrogen-bond donors (Lipinski definition) is 2.